The summed E-state index contributed by atoms with van der Waals surface area (Å²) in [6.45, 7) is 0.818. The van der Waals surface area contributed by atoms with Crippen molar-refractivity contribution >= 4 is 29.0 Å². The number of H-pyrrole nitrogens is 1. The Kier molecular flexibility index (Phi) is 4.36. The summed E-state index contributed by atoms with van der Waals surface area (Å²) in [6, 6.07) is 4.78. The standard InChI is InChI=1S/C15H16Cl2FN3/c16-11-5-3-6-12(18)14(11)10-4-1-2-7-21(15(10)17)13-8-19-9-20-13/h3,5-6,8-10,15H,1-2,4,7H2,(H,19,20). The minimum Gasteiger partial charge on any atom is -0.340 e. The van der Waals surface area contributed by atoms with E-state index < -0.39 is 0 Å². The third-order valence-electron chi connectivity index (χ3n) is 3.96. The van der Waals surface area contributed by atoms with Gasteiger partial charge in [0.05, 0.1) is 12.5 Å². The first-order valence-electron chi connectivity index (χ1n) is 7.01. The molecule has 0 aliphatic carbocycles. The fraction of sp³-hybridized carbons (Fsp3) is 0.400. The van der Waals surface area contributed by atoms with Crippen molar-refractivity contribution in [2.24, 2.45) is 0 Å². The lowest BCUT2D eigenvalue weighted by molar-refractivity contribution is 0.541. The van der Waals surface area contributed by atoms with E-state index in [-0.39, 0.29) is 17.2 Å². The first-order chi connectivity index (χ1) is 10.2. The first-order valence-corrected chi connectivity index (χ1v) is 7.83. The van der Waals surface area contributed by atoms with E-state index in [4.69, 9.17) is 23.2 Å². The molecule has 1 N–H and O–H groups in total. The number of aromatic amines is 1. The SMILES string of the molecule is Fc1cccc(Cl)c1C1CCCCN(c2cnc[nH]2)C1Cl. The quantitative estimate of drug-likeness (QED) is 0.648. The summed E-state index contributed by atoms with van der Waals surface area (Å²) in [5.41, 5.74) is 0.160. The van der Waals surface area contributed by atoms with Crippen LogP contribution in [-0.4, -0.2) is 22.0 Å². The number of hydrogen-bond donors (Lipinski definition) is 1. The topological polar surface area (TPSA) is 31.9 Å². The minimum absolute atomic E-state index is 0.147. The molecule has 2 heterocycles. The predicted octanol–water partition coefficient (Wildman–Crippen LogP) is 4.54. The molecule has 2 aromatic rings. The molecular formula is C15H16Cl2FN3. The number of imidazole rings is 1. The fourth-order valence-electron chi connectivity index (χ4n) is 2.93. The van der Waals surface area contributed by atoms with E-state index in [2.05, 4.69) is 9.97 Å². The molecule has 1 aromatic heterocycles. The molecule has 3 rings (SSSR count). The third-order valence-corrected chi connectivity index (χ3v) is 4.83. The number of anilines is 1. The van der Waals surface area contributed by atoms with Gasteiger partial charge < -0.3 is 9.88 Å². The van der Waals surface area contributed by atoms with Crippen LogP contribution in [-0.2, 0) is 0 Å². The second kappa shape index (κ2) is 6.24. The van der Waals surface area contributed by atoms with E-state index in [9.17, 15) is 4.39 Å². The van der Waals surface area contributed by atoms with E-state index in [0.29, 0.717) is 10.6 Å². The zero-order valence-electron chi connectivity index (χ0n) is 11.4. The minimum atomic E-state index is -0.359. The van der Waals surface area contributed by atoms with E-state index in [1.54, 1.807) is 24.7 Å². The van der Waals surface area contributed by atoms with Crippen molar-refractivity contribution in [3.05, 3.63) is 47.1 Å². The molecule has 1 aromatic carbocycles. The van der Waals surface area contributed by atoms with Crippen molar-refractivity contribution < 1.29 is 4.39 Å². The van der Waals surface area contributed by atoms with Crippen LogP contribution in [0.5, 0.6) is 0 Å². The summed E-state index contributed by atoms with van der Waals surface area (Å²) < 4.78 is 14.2. The Morgan fingerprint density at radius 1 is 1.33 bits per heavy atom. The molecule has 21 heavy (non-hydrogen) atoms. The molecule has 0 radical (unpaired) electrons. The van der Waals surface area contributed by atoms with Gasteiger partial charge in [-0.2, -0.15) is 0 Å². The van der Waals surface area contributed by atoms with Crippen LogP contribution in [0.2, 0.25) is 5.02 Å². The summed E-state index contributed by atoms with van der Waals surface area (Å²) in [5.74, 6) is 0.421. The first kappa shape index (κ1) is 14.7. The maximum Gasteiger partial charge on any atom is 0.128 e. The lowest BCUT2D eigenvalue weighted by Crippen LogP contribution is -2.35. The number of aromatic nitrogens is 2. The van der Waals surface area contributed by atoms with Crippen molar-refractivity contribution in [3.63, 3.8) is 0 Å². The lowest BCUT2D eigenvalue weighted by Gasteiger charge is -2.31. The van der Waals surface area contributed by atoms with Crippen molar-refractivity contribution in [1.82, 2.24) is 9.97 Å². The second-order valence-corrected chi connectivity index (χ2v) is 6.09. The molecule has 0 spiro atoms. The summed E-state index contributed by atoms with van der Waals surface area (Å²) in [4.78, 5) is 9.15. The number of nitrogens with one attached hydrogen (secondary N) is 1. The Bertz CT molecular complexity index is 583. The van der Waals surface area contributed by atoms with Crippen LogP contribution in [0.15, 0.2) is 30.7 Å². The summed E-state index contributed by atoms with van der Waals surface area (Å²) in [5, 5.41) is 0.442. The molecule has 112 valence electrons. The second-order valence-electron chi connectivity index (χ2n) is 5.24. The molecule has 0 saturated carbocycles. The molecule has 0 bridgehead atoms. The fourth-order valence-corrected chi connectivity index (χ4v) is 3.69. The third kappa shape index (κ3) is 2.87. The van der Waals surface area contributed by atoms with Gasteiger partial charge in [-0.1, -0.05) is 35.7 Å². The van der Waals surface area contributed by atoms with Crippen LogP contribution in [0.4, 0.5) is 10.2 Å². The number of alkyl halides is 1. The Labute approximate surface area is 133 Å². The van der Waals surface area contributed by atoms with E-state index in [1.165, 1.54) is 6.07 Å². The predicted molar refractivity (Wildman–Crippen MR) is 83.6 cm³/mol. The number of benzene rings is 1. The summed E-state index contributed by atoms with van der Waals surface area (Å²) in [7, 11) is 0. The molecule has 1 saturated heterocycles. The lowest BCUT2D eigenvalue weighted by atomic mass is 9.93. The average molecular weight is 328 g/mol. The molecule has 1 aliphatic heterocycles. The molecule has 1 fully saturated rings. The van der Waals surface area contributed by atoms with E-state index in [0.717, 1.165) is 31.6 Å². The van der Waals surface area contributed by atoms with Crippen molar-refractivity contribution in [1.29, 1.82) is 0 Å². The van der Waals surface area contributed by atoms with Gasteiger partial charge in [0.25, 0.3) is 0 Å². The maximum atomic E-state index is 14.2. The van der Waals surface area contributed by atoms with Crippen LogP contribution < -0.4 is 4.90 Å². The molecule has 0 amide bonds. The highest BCUT2D eigenvalue weighted by Crippen LogP contribution is 2.39. The Morgan fingerprint density at radius 3 is 2.90 bits per heavy atom. The highest BCUT2D eigenvalue weighted by atomic mass is 35.5. The summed E-state index contributed by atoms with van der Waals surface area (Å²) in [6.07, 6.45) is 6.17. The van der Waals surface area contributed by atoms with Crippen molar-refractivity contribution in [3.8, 4) is 0 Å². The molecule has 2 atom stereocenters. The van der Waals surface area contributed by atoms with Gasteiger partial charge in [0.15, 0.2) is 0 Å². The molecule has 2 unspecified atom stereocenters. The van der Waals surface area contributed by atoms with Gasteiger partial charge in [-0.3, -0.25) is 0 Å². The molecule has 3 nitrogen and oxygen atoms in total. The number of hydrogen-bond acceptors (Lipinski definition) is 2. The zero-order chi connectivity index (χ0) is 14.8. The van der Waals surface area contributed by atoms with Gasteiger partial charge in [-0.25, -0.2) is 9.37 Å². The average Bonchev–Trinajstić information content (AvgIpc) is 2.92. The van der Waals surface area contributed by atoms with Crippen LogP contribution in [0.25, 0.3) is 0 Å². The van der Waals surface area contributed by atoms with Gasteiger partial charge >= 0.3 is 0 Å². The number of halogens is 3. The van der Waals surface area contributed by atoms with Crippen LogP contribution in [0.1, 0.15) is 30.7 Å². The maximum absolute atomic E-state index is 14.2. The van der Waals surface area contributed by atoms with E-state index >= 15 is 0 Å². The van der Waals surface area contributed by atoms with Crippen LogP contribution >= 0.6 is 23.2 Å². The normalized spacial score (nSPS) is 23.1. The molecule has 6 heteroatoms. The molecule has 1 aliphatic rings. The zero-order valence-corrected chi connectivity index (χ0v) is 12.9. The molecular weight excluding hydrogens is 312 g/mol. The smallest absolute Gasteiger partial charge is 0.128 e. The Hall–Kier alpha value is -1.26. The van der Waals surface area contributed by atoms with E-state index in [1.807, 2.05) is 4.90 Å². The highest BCUT2D eigenvalue weighted by molar-refractivity contribution is 6.31. The summed E-state index contributed by atoms with van der Waals surface area (Å²) >= 11 is 12.9. The van der Waals surface area contributed by atoms with Gasteiger partial charge in [0, 0.05) is 23.0 Å². The van der Waals surface area contributed by atoms with Crippen molar-refractivity contribution in [2.75, 3.05) is 11.4 Å². The van der Waals surface area contributed by atoms with Gasteiger partial charge in [0.1, 0.15) is 17.1 Å². The Balaban J connectivity index is 1.97. The van der Waals surface area contributed by atoms with Crippen LogP contribution in [0.3, 0.4) is 0 Å². The highest BCUT2D eigenvalue weighted by Gasteiger charge is 2.33. The van der Waals surface area contributed by atoms with Crippen LogP contribution in [0, 0.1) is 5.82 Å². The largest absolute Gasteiger partial charge is 0.340 e. The van der Waals surface area contributed by atoms with Gasteiger partial charge in [-0.05, 0) is 25.0 Å². The van der Waals surface area contributed by atoms with Gasteiger partial charge in [0.2, 0.25) is 0 Å². The number of nitrogens with zero attached hydrogens (tertiary/aromatic N) is 2. The monoisotopic (exact) mass is 327 g/mol. The van der Waals surface area contributed by atoms with Gasteiger partial charge in [-0.15, -0.1) is 0 Å². The van der Waals surface area contributed by atoms with Crippen molar-refractivity contribution in [2.45, 2.75) is 30.7 Å². The number of rotatable bonds is 2. The Morgan fingerprint density at radius 2 is 2.19 bits per heavy atom.